The van der Waals surface area contributed by atoms with Gasteiger partial charge in [-0.25, -0.2) is 4.39 Å². The highest BCUT2D eigenvalue weighted by atomic mass is 79.9. The van der Waals surface area contributed by atoms with Crippen LogP contribution in [0.15, 0.2) is 47.2 Å². The molecule has 4 heteroatoms. The number of aromatic nitrogens is 1. The summed E-state index contributed by atoms with van der Waals surface area (Å²) in [6.45, 7) is 2.66. The second kappa shape index (κ2) is 7.39. The summed E-state index contributed by atoms with van der Waals surface area (Å²) >= 11 is 3.27. The normalized spacial score (nSPS) is 12.2. The quantitative estimate of drug-likeness (QED) is 0.766. The Morgan fingerprint density at radius 1 is 1.35 bits per heavy atom. The topological polar surface area (TPSA) is 22.1 Å². The number of benzene rings is 1. The molecule has 0 saturated heterocycles. The molecule has 0 N–H and O–H groups in total. The van der Waals surface area contributed by atoms with Crippen LogP contribution in [0.2, 0.25) is 0 Å². The van der Waals surface area contributed by atoms with Crippen molar-refractivity contribution < 1.29 is 9.13 Å². The van der Waals surface area contributed by atoms with Gasteiger partial charge in [0.05, 0.1) is 12.8 Å². The van der Waals surface area contributed by atoms with Gasteiger partial charge in [0.1, 0.15) is 11.6 Å². The summed E-state index contributed by atoms with van der Waals surface area (Å²) < 4.78 is 20.3. The summed E-state index contributed by atoms with van der Waals surface area (Å²) in [7, 11) is 0. The molecule has 0 aliphatic carbocycles. The Kier molecular flexibility index (Phi) is 5.53. The van der Waals surface area contributed by atoms with E-state index in [-0.39, 0.29) is 11.7 Å². The molecule has 0 radical (unpaired) electrons. The molecule has 0 bridgehead atoms. The Balaban J connectivity index is 1.95. The number of halogens is 2. The SMILES string of the molecule is CCC(COc1cccnc1)Cc1ccc(Br)cc1F. The fourth-order valence-electron chi connectivity index (χ4n) is 1.97. The van der Waals surface area contributed by atoms with Crippen LogP contribution in [0.5, 0.6) is 5.75 Å². The summed E-state index contributed by atoms with van der Waals surface area (Å²) in [5.41, 5.74) is 0.731. The predicted octanol–water partition coefficient (Wildman–Crippen LogP) is 4.63. The molecular formula is C16H17BrFNO. The Bertz CT molecular complexity index is 547. The van der Waals surface area contributed by atoms with E-state index in [1.54, 1.807) is 12.4 Å². The molecule has 0 amide bonds. The van der Waals surface area contributed by atoms with Gasteiger partial charge in [-0.3, -0.25) is 4.98 Å². The van der Waals surface area contributed by atoms with Gasteiger partial charge in [0.25, 0.3) is 0 Å². The van der Waals surface area contributed by atoms with Crippen molar-refractivity contribution in [3.8, 4) is 5.75 Å². The van der Waals surface area contributed by atoms with E-state index in [0.717, 1.165) is 22.2 Å². The monoisotopic (exact) mass is 337 g/mol. The molecule has 1 aromatic carbocycles. The van der Waals surface area contributed by atoms with E-state index in [1.165, 1.54) is 6.07 Å². The van der Waals surface area contributed by atoms with Gasteiger partial charge in [-0.05, 0) is 48.6 Å². The highest BCUT2D eigenvalue weighted by Crippen LogP contribution is 2.20. The van der Waals surface area contributed by atoms with Crippen LogP contribution in [0.4, 0.5) is 4.39 Å². The molecule has 2 rings (SSSR count). The maximum atomic E-state index is 13.8. The molecule has 2 nitrogen and oxygen atoms in total. The minimum atomic E-state index is -0.167. The van der Waals surface area contributed by atoms with Crippen LogP contribution in [-0.2, 0) is 6.42 Å². The highest BCUT2D eigenvalue weighted by Gasteiger charge is 2.12. The minimum Gasteiger partial charge on any atom is -0.492 e. The average Bonchev–Trinajstić information content (AvgIpc) is 2.46. The molecule has 0 spiro atoms. The number of pyridine rings is 1. The Morgan fingerprint density at radius 2 is 2.20 bits per heavy atom. The van der Waals surface area contributed by atoms with Crippen molar-refractivity contribution in [1.82, 2.24) is 4.98 Å². The van der Waals surface area contributed by atoms with Gasteiger partial charge in [0.2, 0.25) is 0 Å². The van der Waals surface area contributed by atoms with Gasteiger partial charge in [0.15, 0.2) is 0 Å². The first-order valence-corrected chi connectivity index (χ1v) is 7.45. The molecule has 106 valence electrons. The van der Waals surface area contributed by atoms with E-state index < -0.39 is 0 Å². The molecular weight excluding hydrogens is 321 g/mol. The van der Waals surface area contributed by atoms with E-state index in [1.807, 2.05) is 24.3 Å². The van der Waals surface area contributed by atoms with Gasteiger partial charge in [-0.1, -0.05) is 28.9 Å². The standard InChI is InChI=1S/C16H17BrFNO/c1-2-12(11-20-15-4-3-7-19-10-15)8-13-5-6-14(17)9-16(13)18/h3-7,9-10,12H,2,8,11H2,1H3. The van der Waals surface area contributed by atoms with Crippen molar-refractivity contribution in [3.05, 3.63) is 58.6 Å². The third-order valence-corrected chi connectivity index (χ3v) is 3.71. The van der Waals surface area contributed by atoms with Crippen molar-refractivity contribution in [2.24, 2.45) is 5.92 Å². The van der Waals surface area contributed by atoms with Crippen molar-refractivity contribution in [2.45, 2.75) is 19.8 Å². The number of hydrogen-bond acceptors (Lipinski definition) is 2. The largest absolute Gasteiger partial charge is 0.492 e. The van der Waals surface area contributed by atoms with Gasteiger partial charge in [0, 0.05) is 10.7 Å². The second-order valence-corrected chi connectivity index (χ2v) is 5.63. The molecule has 0 saturated carbocycles. The predicted molar refractivity (Wildman–Crippen MR) is 81.3 cm³/mol. The molecule has 2 aromatic rings. The van der Waals surface area contributed by atoms with Crippen LogP contribution < -0.4 is 4.74 Å². The summed E-state index contributed by atoms with van der Waals surface area (Å²) in [5, 5.41) is 0. The lowest BCUT2D eigenvalue weighted by atomic mass is 9.97. The first-order valence-electron chi connectivity index (χ1n) is 6.65. The maximum absolute atomic E-state index is 13.8. The first kappa shape index (κ1) is 15.0. The number of rotatable bonds is 6. The molecule has 0 aliphatic rings. The van der Waals surface area contributed by atoms with Crippen LogP contribution in [0.25, 0.3) is 0 Å². The van der Waals surface area contributed by atoms with Crippen molar-refractivity contribution >= 4 is 15.9 Å². The molecule has 1 heterocycles. The van der Waals surface area contributed by atoms with E-state index in [2.05, 4.69) is 27.8 Å². The highest BCUT2D eigenvalue weighted by molar-refractivity contribution is 9.10. The lowest BCUT2D eigenvalue weighted by molar-refractivity contribution is 0.242. The molecule has 1 aromatic heterocycles. The first-order chi connectivity index (χ1) is 9.69. The van der Waals surface area contributed by atoms with Crippen molar-refractivity contribution in [1.29, 1.82) is 0 Å². The molecule has 0 fully saturated rings. The van der Waals surface area contributed by atoms with E-state index in [0.29, 0.717) is 13.0 Å². The number of hydrogen-bond donors (Lipinski definition) is 0. The zero-order valence-electron chi connectivity index (χ0n) is 11.4. The van der Waals surface area contributed by atoms with Gasteiger partial charge >= 0.3 is 0 Å². The summed E-state index contributed by atoms with van der Waals surface area (Å²) in [5.74, 6) is 0.868. The average molecular weight is 338 g/mol. The molecule has 0 aliphatic heterocycles. The van der Waals surface area contributed by atoms with Crippen LogP contribution in [0.1, 0.15) is 18.9 Å². The fourth-order valence-corrected chi connectivity index (χ4v) is 2.30. The number of ether oxygens (including phenoxy) is 1. The van der Waals surface area contributed by atoms with Crippen LogP contribution in [0, 0.1) is 11.7 Å². The second-order valence-electron chi connectivity index (χ2n) is 4.71. The Hall–Kier alpha value is -1.42. The van der Waals surface area contributed by atoms with Crippen LogP contribution >= 0.6 is 15.9 Å². The lowest BCUT2D eigenvalue weighted by Gasteiger charge is -2.16. The van der Waals surface area contributed by atoms with Crippen LogP contribution in [-0.4, -0.2) is 11.6 Å². The maximum Gasteiger partial charge on any atom is 0.137 e. The smallest absolute Gasteiger partial charge is 0.137 e. The fraction of sp³-hybridized carbons (Fsp3) is 0.312. The lowest BCUT2D eigenvalue weighted by Crippen LogP contribution is -2.14. The molecule has 20 heavy (non-hydrogen) atoms. The Morgan fingerprint density at radius 3 is 2.85 bits per heavy atom. The zero-order valence-corrected chi connectivity index (χ0v) is 12.9. The third-order valence-electron chi connectivity index (χ3n) is 3.22. The van der Waals surface area contributed by atoms with Crippen molar-refractivity contribution in [3.63, 3.8) is 0 Å². The van der Waals surface area contributed by atoms with E-state index in [9.17, 15) is 4.39 Å². The van der Waals surface area contributed by atoms with Crippen LogP contribution in [0.3, 0.4) is 0 Å². The van der Waals surface area contributed by atoms with Gasteiger partial charge < -0.3 is 4.74 Å². The number of nitrogens with zero attached hydrogens (tertiary/aromatic N) is 1. The summed E-state index contributed by atoms with van der Waals surface area (Å²) in [6.07, 6.45) is 5.01. The third kappa shape index (κ3) is 4.30. The molecule has 1 unspecified atom stereocenters. The molecule has 1 atom stereocenters. The van der Waals surface area contributed by atoms with Gasteiger partial charge in [-0.2, -0.15) is 0 Å². The van der Waals surface area contributed by atoms with Crippen molar-refractivity contribution in [2.75, 3.05) is 6.61 Å². The van der Waals surface area contributed by atoms with E-state index >= 15 is 0 Å². The minimum absolute atomic E-state index is 0.167. The van der Waals surface area contributed by atoms with E-state index in [4.69, 9.17) is 4.74 Å². The summed E-state index contributed by atoms with van der Waals surface area (Å²) in [4.78, 5) is 4.01. The summed E-state index contributed by atoms with van der Waals surface area (Å²) in [6, 6.07) is 8.91. The Labute approximate surface area is 127 Å². The van der Waals surface area contributed by atoms with Gasteiger partial charge in [-0.15, -0.1) is 0 Å². The zero-order chi connectivity index (χ0) is 14.4.